The summed E-state index contributed by atoms with van der Waals surface area (Å²) in [6.07, 6.45) is 0. The van der Waals surface area contributed by atoms with E-state index in [2.05, 4.69) is 54.8 Å². The van der Waals surface area contributed by atoms with E-state index in [4.69, 9.17) is 17.0 Å². The molecule has 31 heavy (non-hydrogen) atoms. The predicted molar refractivity (Wildman–Crippen MR) is 131 cm³/mol. The van der Waals surface area contributed by atoms with Gasteiger partial charge in [0, 0.05) is 5.69 Å². The summed E-state index contributed by atoms with van der Waals surface area (Å²) in [5, 5.41) is 7.26. The molecule has 2 N–H and O–H groups in total. The fraction of sp³-hybridized carbons (Fsp3) is 0.231. The first-order chi connectivity index (χ1) is 14.9. The molecule has 0 aliphatic rings. The Bertz CT molecular complexity index is 1080. The van der Waals surface area contributed by atoms with Crippen LogP contribution in [0, 0.1) is 20.8 Å². The maximum Gasteiger partial charge on any atom is 0.338 e. The average Bonchev–Trinajstić information content (AvgIpc) is 2.75. The number of hydrogen-bond donors (Lipinski definition) is 2. The highest BCUT2D eigenvalue weighted by Crippen LogP contribution is 2.26. The Hall–Kier alpha value is -3.18. The molecule has 0 spiro atoms. The van der Waals surface area contributed by atoms with Crippen molar-refractivity contribution in [3.63, 3.8) is 0 Å². The summed E-state index contributed by atoms with van der Waals surface area (Å²) in [5.41, 5.74) is 7.03. The van der Waals surface area contributed by atoms with E-state index in [1.807, 2.05) is 37.3 Å². The number of esters is 1. The van der Waals surface area contributed by atoms with Gasteiger partial charge in [0.15, 0.2) is 5.11 Å². The van der Waals surface area contributed by atoms with Crippen molar-refractivity contribution in [3.05, 3.63) is 100 Å². The molecule has 0 radical (unpaired) electrons. The van der Waals surface area contributed by atoms with E-state index in [1.54, 1.807) is 13.0 Å². The molecular formula is C26H28N2O2S. The Balaban J connectivity index is 1.82. The summed E-state index contributed by atoms with van der Waals surface area (Å²) in [7, 11) is 0. The maximum absolute atomic E-state index is 12.0. The highest BCUT2D eigenvalue weighted by atomic mass is 32.1. The molecular weight excluding hydrogens is 404 g/mol. The van der Waals surface area contributed by atoms with Gasteiger partial charge < -0.3 is 15.4 Å². The first-order valence-electron chi connectivity index (χ1n) is 10.4. The molecule has 0 amide bonds. The van der Waals surface area contributed by atoms with Gasteiger partial charge in [0.1, 0.15) is 0 Å². The van der Waals surface area contributed by atoms with Gasteiger partial charge in [-0.15, -0.1) is 0 Å². The van der Waals surface area contributed by atoms with Crippen LogP contribution in [0.3, 0.4) is 0 Å². The molecule has 1 atom stereocenters. The molecule has 0 aliphatic carbocycles. The fourth-order valence-corrected chi connectivity index (χ4v) is 3.80. The zero-order chi connectivity index (χ0) is 22.4. The molecule has 160 valence electrons. The smallest absolute Gasteiger partial charge is 0.338 e. The summed E-state index contributed by atoms with van der Waals surface area (Å²) in [6, 6.07) is 22.0. The van der Waals surface area contributed by atoms with Crippen LogP contribution in [-0.2, 0) is 4.74 Å². The molecule has 4 nitrogen and oxygen atoms in total. The molecule has 3 rings (SSSR count). The lowest BCUT2D eigenvalue weighted by Crippen LogP contribution is -2.33. The number of nitrogens with one attached hydrogen (secondary N) is 2. The van der Waals surface area contributed by atoms with Gasteiger partial charge in [0.05, 0.1) is 18.2 Å². The molecule has 5 heteroatoms. The largest absolute Gasteiger partial charge is 0.462 e. The summed E-state index contributed by atoms with van der Waals surface area (Å²) in [5.74, 6) is -0.322. The van der Waals surface area contributed by atoms with Crippen LogP contribution in [-0.4, -0.2) is 17.7 Å². The van der Waals surface area contributed by atoms with E-state index in [9.17, 15) is 4.79 Å². The molecule has 0 fully saturated rings. The van der Waals surface area contributed by atoms with Gasteiger partial charge in [-0.2, -0.15) is 0 Å². The second-order valence-electron chi connectivity index (χ2n) is 7.55. The van der Waals surface area contributed by atoms with Crippen molar-refractivity contribution in [3.8, 4) is 0 Å². The Morgan fingerprint density at radius 3 is 2.35 bits per heavy atom. The summed E-state index contributed by atoms with van der Waals surface area (Å²) >= 11 is 5.65. The molecule has 0 saturated heterocycles. The Morgan fingerprint density at radius 2 is 1.71 bits per heavy atom. The van der Waals surface area contributed by atoms with Crippen LogP contribution in [0.4, 0.5) is 5.69 Å². The van der Waals surface area contributed by atoms with Crippen molar-refractivity contribution in [1.29, 1.82) is 0 Å². The molecule has 3 aromatic carbocycles. The number of rotatable bonds is 6. The quantitative estimate of drug-likeness (QED) is 0.377. The highest BCUT2D eigenvalue weighted by Gasteiger charge is 2.18. The van der Waals surface area contributed by atoms with Gasteiger partial charge in [-0.3, -0.25) is 0 Å². The fourth-order valence-electron chi connectivity index (χ4n) is 3.57. The average molecular weight is 433 g/mol. The van der Waals surface area contributed by atoms with Gasteiger partial charge in [-0.1, -0.05) is 54.1 Å². The molecule has 0 aliphatic heterocycles. The van der Waals surface area contributed by atoms with Gasteiger partial charge in [-0.25, -0.2) is 4.79 Å². The zero-order valence-corrected chi connectivity index (χ0v) is 19.2. The van der Waals surface area contributed by atoms with Gasteiger partial charge in [-0.05, 0) is 80.4 Å². The van der Waals surface area contributed by atoms with Crippen LogP contribution >= 0.6 is 12.2 Å². The Morgan fingerprint density at radius 1 is 0.968 bits per heavy atom. The summed E-state index contributed by atoms with van der Waals surface area (Å²) in [4.78, 5) is 12.0. The van der Waals surface area contributed by atoms with Gasteiger partial charge >= 0.3 is 5.97 Å². The van der Waals surface area contributed by atoms with Crippen molar-refractivity contribution in [2.45, 2.75) is 33.7 Å². The first kappa shape index (κ1) is 22.5. The minimum absolute atomic E-state index is 0.0825. The van der Waals surface area contributed by atoms with Crippen LogP contribution in [0.15, 0.2) is 66.7 Å². The lowest BCUT2D eigenvalue weighted by atomic mass is 9.94. The minimum Gasteiger partial charge on any atom is -0.462 e. The van der Waals surface area contributed by atoms with Gasteiger partial charge in [0.2, 0.25) is 0 Å². The lowest BCUT2D eigenvalue weighted by Gasteiger charge is -2.24. The number of aryl methyl sites for hydroxylation is 3. The SMILES string of the molecule is CCOC(=O)c1ccc(NC(=S)NC(c2ccccc2)c2ccc(C)cc2C)c(C)c1. The van der Waals surface area contributed by atoms with Crippen LogP contribution in [0.2, 0.25) is 0 Å². The Kier molecular flexibility index (Phi) is 7.42. The third kappa shape index (κ3) is 5.70. The normalized spacial score (nSPS) is 11.5. The molecule has 0 aromatic heterocycles. The van der Waals surface area contributed by atoms with Crippen molar-refractivity contribution in [2.75, 3.05) is 11.9 Å². The minimum atomic E-state index is -0.322. The molecule has 3 aromatic rings. The second kappa shape index (κ2) is 10.2. The lowest BCUT2D eigenvalue weighted by molar-refractivity contribution is 0.0526. The number of carbonyl (C=O) groups excluding carboxylic acids is 1. The van der Waals surface area contributed by atoms with Crippen molar-refractivity contribution >= 4 is 29.0 Å². The number of ether oxygens (including phenoxy) is 1. The number of carbonyl (C=O) groups is 1. The maximum atomic E-state index is 12.0. The summed E-state index contributed by atoms with van der Waals surface area (Å²) < 4.78 is 5.08. The van der Waals surface area contributed by atoms with Crippen LogP contribution < -0.4 is 10.6 Å². The Labute approximate surface area is 189 Å². The monoisotopic (exact) mass is 432 g/mol. The number of thiocarbonyl (C=S) groups is 1. The number of benzene rings is 3. The third-order valence-electron chi connectivity index (χ3n) is 5.13. The predicted octanol–water partition coefficient (Wildman–Crippen LogP) is 5.86. The van der Waals surface area contributed by atoms with Crippen molar-refractivity contribution in [1.82, 2.24) is 5.32 Å². The standard InChI is InChI=1S/C26H28N2O2S/c1-5-30-25(29)21-12-14-23(19(4)16-21)27-26(31)28-24(20-9-7-6-8-10-20)22-13-11-17(2)15-18(22)3/h6-16,24H,5H2,1-4H3,(H2,27,28,31). The first-order valence-corrected chi connectivity index (χ1v) is 10.8. The van der Waals surface area contributed by atoms with Crippen molar-refractivity contribution in [2.24, 2.45) is 0 Å². The van der Waals surface area contributed by atoms with Crippen LogP contribution in [0.25, 0.3) is 0 Å². The van der Waals surface area contributed by atoms with Gasteiger partial charge in [0.25, 0.3) is 0 Å². The molecule has 0 saturated carbocycles. The highest BCUT2D eigenvalue weighted by molar-refractivity contribution is 7.80. The van der Waals surface area contributed by atoms with Crippen LogP contribution in [0.5, 0.6) is 0 Å². The van der Waals surface area contributed by atoms with E-state index in [-0.39, 0.29) is 12.0 Å². The van der Waals surface area contributed by atoms with E-state index in [1.165, 1.54) is 16.7 Å². The zero-order valence-electron chi connectivity index (χ0n) is 18.4. The van der Waals surface area contributed by atoms with E-state index < -0.39 is 0 Å². The van der Waals surface area contributed by atoms with E-state index in [0.29, 0.717) is 17.3 Å². The van der Waals surface area contributed by atoms with E-state index >= 15 is 0 Å². The van der Waals surface area contributed by atoms with Crippen LogP contribution in [0.1, 0.15) is 51.1 Å². The topological polar surface area (TPSA) is 50.4 Å². The second-order valence-corrected chi connectivity index (χ2v) is 7.96. The molecule has 1 unspecified atom stereocenters. The number of hydrogen-bond acceptors (Lipinski definition) is 3. The molecule has 0 heterocycles. The van der Waals surface area contributed by atoms with Crippen molar-refractivity contribution < 1.29 is 9.53 Å². The number of anilines is 1. The molecule has 0 bridgehead atoms. The van der Waals surface area contributed by atoms with E-state index in [0.717, 1.165) is 16.8 Å². The summed E-state index contributed by atoms with van der Waals surface area (Å²) in [6.45, 7) is 8.30. The third-order valence-corrected chi connectivity index (χ3v) is 5.35.